The first kappa shape index (κ1) is 19.3. The average Bonchev–Trinajstić information content (AvgIpc) is 2.81. The van der Waals surface area contributed by atoms with Crippen molar-refractivity contribution in [2.45, 2.75) is 0 Å². The van der Waals surface area contributed by atoms with Gasteiger partial charge < -0.3 is 5.84 Å². The maximum atomic E-state index is 9.05. The molecule has 0 unspecified atom stereocenters. The molecule has 0 saturated carbocycles. The van der Waals surface area contributed by atoms with Crippen molar-refractivity contribution in [1.29, 1.82) is 5.26 Å². The summed E-state index contributed by atoms with van der Waals surface area (Å²) in [7, 11) is 0. The minimum Gasteiger partial charge on any atom is -0.323 e. The molecule has 0 bridgehead atoms. The molecule has 0 aliphatic carbocycles. The van der Waals surface area contributed by atoms with Gasteiger partial charge in [-0.3, -0.25) is 0 Å². The van der Waals surface area contributed by atoms with Crippen molar-refractivity contribution in [2.75, 3.05) is 0 Å². The van der Waals surface area contributed by atoms with Crippen LogP contribution in [0.5, 0.6) is 0 Å². The summed E-state index contributed by atoms with van der Waals surface area (Å²) in [5.41, 5.74) is 5.04. The van der Waals surface area contributed by atoms with Crippen molar-refractivity contribution >= 4 is 17.3 Å². The first-order chi connectivity index (χ1) is 14.7. The normalized spacial score (nSPS) is 11.1. The van der Waals surface area contributed by atoms with Crippen molar-refractivity contribution in [3.8, 4) is 28.6 Å². The Bertz CT molecular complexity index is 1240. The zero-order valence-electron chi connectivity index (χ0n) is 15.8. The Labute approximate surface area is 179 Å². The van der Waals surface area contributed by atoms with Crippen LogP contribution in [0.2, 0.25) is 5.02 Å². The highest BCUT2D eigenvalue weighted by molar-refractivity contribution is 6.30. The van der Waals surface area contributed by atoms with E-state index in [1.54, 1.807) is 24.3 Å². The minimum absolute atomic E-state index is 0.397. The predicted molar refractivity (Wildman–Crippen MR) is 119 cm³/mol. The molecule has 1 heterocycles. The van der Waals surface area contributed by atoms with Crippen molar-refractivity contribution in [3.63, 3.8) is 0 Å². The number of hydrogen-bond donors (Lipinski definition) is 1. The fourth-order valence-electron chi connectivity index (χ4n) is 3.04. The first-order valence-electron chi connectivity index (χ1n) is 9.17. The van der Waals surface area contributed by atoms with Crippen molar-refractivity contribution < 1.29 is 0 Å². The van der Waals surface area contributed by atoms with Gasteiger partial charge >= 0.3 is 0 Å². The van der Waals surface area contributed by atoms with Crippen LogP contribution in [0.15, 0.2) is 90.0 Å². The number of aromatic nitrogens is 2. The van der Waals surface area contributed by atoms with E-state index in [4.69, 9.17) is 32.7 Å². The van der Waals surface area contributed by atoms with E-state index < -0.39 is 0 Å². The van der Waals surface area contributed by atoms with Crippen LogP contribution in [-0.2, 0) is 0 Å². The molecule has 144 valence electrons. The third-order valence-corrected chi connectivity index (χ3v) is 4.82. The third-order valence-electron chi connectivity index (χ3n) is 4.56. The lowest BCUT2D eigenvalue weighted by Crippen LogP contribution is -2.12. The SMILES string of the molecule is N#Cc1ccc(/C(=N\N)c2nc(-c3ccccc3)cc(-c3ccc(Cl)cc3)n2)cc1. The lowest BCUT2D eigenvalue weighted by molar-refractivity contribution is 1.12. The molecule has 0 aliphatic heterocycles. The minimum atomic E-state index is 0.397. The van der Waals surface area contributed by atoms with Gasteiger partial charge in [0, 0.05) is 21.7 Å². The molecule has 0 fully saturated rings. The Morgan fingerprint density at radius 1 is 0.833 bits per heavy atom. The molecule has 4 rings (SSSR count). The van der Waals surface area contributed by atoms with E-state index in [1.165, 1.54) is 0 Å². The molecule has 3 aromatic carbocycles. The van der Waals surface area contributed by atoms with E-state index in [1.807, 2.05) is 60.7 Å². The zero-order valence-corrected chi connectivity index (χ0v) is 16.6. The number of rotatable bonds is 4. The van der Waals surface area contributed by atoms with Crippen LogP contribution in [0.25, 0.3) is 22.5 Å². The van der Waals surface area contributed by atoms with Crippen LogP contribution in [0.4, 0.5) is 0 Å². The number of halogens is 1. The number of nitriles is 1. The Morgan fingerprint density at radius 2 is 1.43 bits per heavy atom. The molecule has 1 aromatic heterocycles. The van der Waals surface area contributed by atoms with Crippen LogP contribution in [0, 0.1) is 11.3 Å². The molecule has 0 atom stereocenters. The monoisotopic (exact) mass is 409 g/mol. The van der Waals surface area contributed by atoms with E-state index in [0.29, 0.717) is 22.1 Å². The molecular weight excluding hydrogens is 394 g/mol. The van der Waals surface area contributed by atoms with Gasteiger partial charge in [0.2, 0.25) is 0 Å². The van der Waals surface area contributed by atoms with Gasteiger partial charge in [-0.1, -0.05) is 66.2 Å². The zero-order chi connectivity index (χ0) is 20.9. The predicted octanol–water partition coefficient (Wildman–Crippen LogP) is 5.05. The molecule has 0 radical (unpaired) electrons. The van der Waals surface area contributed by atoms with Gasteiger partial charge in [0.25, 0.3) is 0 Å². The number of benzene rings is 3. The topological polar surface area (TPSA) is 88.0 Å². The Morgan fingerprint density at radius 3 is 2.00 bits per heavy atom. The molecular formula is C24H16ClN5. The summed E-state index contributed by atoms with van der Waals surface area (Å²) in [6, 6.07) is 28.3. The highest BCUT2D eigenvalue weighted by atomic mass is 35.5. The quantitative estimate of drug-likeness (QED) is 0.290. The molecule has 2 N–H and O–H groups in total. The second-order valence-electron chi connectivity index (χ2n) is 6.50. The second kappa shape index (κ2) is 8.56. The van der Waals surface area contributed by atoms with E-state index in [9.17, 15) is 0 Å². The van der Waals surface area contributed by atoms with E-state index >= 15 is 0 Å². The van der Waals surface area contributed by atoms with E-state index in [0.717, 1.165) is 28.1 Å². The second-order valence-corrected chi connectivity index (χ2v) is 6.94. The Balaban J connectivity index is 1.88. The molecule has 0 aliphatic rings. The smallest absolute Gasteiger partial charge is 0.181 e. The summed E-state index contributed by atoms with van der Waals surface area (Å²) < 4.78 is 0. The Kier molecular flexibility index (Phi) is 5.51. The van der Waals surface area contributed by atoms with Crippen molar-refractivity contribution in [2.24, 2.45) is 10.9 Å². The molecule has 4 aromatic rings. The average molecular weight is 410 g/mol. The standard InChI is InChI=1S/C24H16ClN5/c25-20-12-10-18(11-13-20)22-14-21(17-4-2-1-3-5-17)28-24(29-22)23(30-27)19-8-6-16(15-26)7-9-19/h1-14H,27H2/b30-23+. The fourth-order valence-corrected chi connectivity index (χ4v) is 3.17. The van der Waals surface area contributed by atoms with E-state index in [-0.39, 0.29) is 0 Å². The highest BCUT2D eigenvalue weighted by Crippen LogP contribution is 2.26. The summed E-state index contributed by atoms with van der Waals surface area (Å²) in [4.78, 5) is 9.44. The third kappa shape index (κ3) is 4.04. The van der Waals surface area contributed by atoms with Crippen LogP contribution < -0.4 is 5.84 Å². The van der Waals surface area contributed by atoms with Gasteiger partial charge in [-0.15, -0.1) is 0 Å². The van der Waals surface area contributed by atoms with E-state index in [2.05, 4.69) is 11.2 Å². The summed E-state index contributed by atoms with van der Waals surface area (Å²) >= 11 is 6.04. The van der Waals surface area contributed by atoms with Gasteiger partial charge in [0.1, 0.15) is 5.71 Å². The van der Waals surface area contributed by atoms with Crippen LogP contribution in [0.1, 0.15) is 17.0 Å². The lowest BCUT2D eigenvalue weighted by atomic mass is 10.0. The Hall–Kier alpha value is -4.01. The summed E-state index contributed by atoms with van der Waals surface area (Å²) in [6.07, 6.45) is 0. The highest BCUT2D eigenvalue weighted by Gasteiger charge is 2.15. The van der Waals surface area contributed by atoms with Gasteiger partial charge in [-0.05, 0) is 30.3 Å². The summed E-state index contributed by atoms with van der Waals surface area (Å²) in [6.45, 7) is 0. The lowest BCUT2D eigenvalue weighted by Gasteiger charge is -2.11. The summed E-state index contributed by atoms with van der Waals surface area (Å²) in [5.74, 6) is 6.13. The van der Waals surface area contributed by atoms with Crippen LogP contribution >= 0.6 is 11.6 Å². The number of nitrogens with two attached hydrogens (primary N) is 1. The number of hydrazone groups is 1. The molecule has 5 nitrogen and oxygen atoms in total. The van der Waals surface area contributed by atoms with Gasteiger partial charge in [-0.2, -0.15) is 10.4 Å². The molecule has 30 heavy (non-hydrogen) atoms. The maximum Gasteiger partial charge on any atom is 0.181 e. The van der Waals surface area contributed by atoms with Crippen LogP contribution in [-0.4, -0.2) is 15.7 Å². The number of nitrogens with zero attached hydrogens (tertiary/aromatic N) is 4. The fraction of sp³-hybridized carbons (Fsp3) is 0. The maximum absolute atomic E-state index is 9.05. The van der Waals surface area contributed by atoms with Gasteiger partial charge in [0.15, 0.2) is 5.82 Å². The molecule has 6 heteroatoms. The van der Waals surface area contributed by atoms with Crippen molar-refractivity contribution in [3.05, 3.63) is 107 Å². The molecule has 0 saturated heterocycles. The largest absolute Gasteiger partial charge is 0.323 e. The first-order valence-corrected chi connectivity index (χ1v) is 9.55. The molecule has 0 amide bonds. The summed E-state index contributed by atoms with van der Waals surface area (Å²) in [5, 5.41) is 13.7. The van der Waals surface area contributed by atoms with Crippen molar-refractivity contribution in [1.82, 2.24) is 9.97 Å². The number of hydrogen-bond acceptors (Lipinski definition) is 5. The van der Waals surface area contributed by atoms with Gasteiger partial charge in [-0.25, -0.2) is 9.97 Å². The van der Waals surface area contributed by atoms with Gasteiger partial charge in [0.05, 0.1) is 23.0 Å². The van der Waals surface area contributed by atoms with Crippen LogP contribution in [0.3, 0.4) is 0 Å². The molecule has 0 spiro atoms.